The summed E-state index contributed by atoms with van der Waals surface area (Å²) in [5, 5.41) is 4.58. The summed E-state index contributed by atoms with van der Waals surface area (Å²) in [5.41, 5.74) is 29.7. The summed E-state index contributed by atoms with van der Waals surface area (Å²) in [5.74, 6) is 0. The van der Waals surface area contributed by atoms with Gasteiger partial charge in [0.1, 0.15) is 22.3 Å². The molecule has 0 atom stereocenters. The number of benzene rings is 13. The average Bonchev–Trinajstić information content (AvgIpc) is 1.52. The smallest absolute Gasteiger partial charge is 0.143 e. The van der Waals surface area contributed by atoms with Gasteiger partial charge < -0.3 is 13.7 Å². The van der Waals surface area contributed by atoms with Crippen LogP contribution < -0.4 is 4.90 Å². The third-order valence-electron chi connectivity index (χ3n) is 20.8. The zero-order chi connectivity index (χ0) is 61.1. The van der Waals surface area contributed by atoms with Gasteiger partial charge in [-0.1, -0.05) is 253 Å². The van der Waals surface area contributed by atoms with Crippen molar-refractivity contribution in [3.63, 3.8) is 0 Å². The van der Waals surface area contributed by atoms with Crippen LogP contribution in [-0.2, 0) is 21.7 Å². The lowest BCUT2D eigenvalue weighted by molar-refractivity contribution is 0.590. The molecular formula is C88H65NO2. The lowest BCUT2D eigenvalue weighted by atomic mass is 9.66. The summed E-state index contributed by atoms with van der Waals surface area (Å²) in [6.45, 7) is 13.9. The minimum Gasteiger partial charge on any atom is -0.456 e. The Bertz CT molecular complexity index is 5370. The molecule has 0 N–H and O–H groups in total. The van der Waals surface area contributed by atoms with E-state index in [1.54, 1.807) is 0 Å². The highest BCUT2D eigenvalue weighted by molar-refractivity contribution is 6.19. The summed E-state index contributed by atoms with van der Waals surface area (Å²) in [4.78, 5) is 2.52. The van der Waals surface area contributed by atoms with E-state index in [9.17, 15) is 0 Å². The predicted octanol–water partition coefficient (Wildman–Crippen LogP) is 23.3. The molecule has 2 heterocycles. The molecule has 0 spiro atoms. The quantitative estimate of drug-likeness (QED) is 0.152. The highest BCUT2D eigenvalue weighted by Crippen LogP contribution is 2.65. The Morgan fingerprint density at radius 3 is 1.38 bits per heavy atom. The van der Waals surface area contributed by atoms with Crippen molar-refractivity contribution >= 4 is 60.9 Å². The molecule has 3 heteroatoms. The van der Waals surface area contributed by atoms with Crippen molar-refractivity contribution in [2.75, 3.05) is 4.90 Å². The minimum atomic E-state index is -0.757. The molecule has 0 aliphatic heterocycles. The zero-order valence-corrected chi connectivity index (χ0v) is 51.9. The first-order valence-electron chi connectivity index (χ1n) is 32.0. The highest BCUT2D eigenvalue weighted by atomic mass is 16.3. The molecule has 0 radical (unpaired) electrons. The number of aryl methyl sites for hydroxylation is 1. The second kappa shape index (κ2) is 19.4. The molecule has 2 aromatic heterocycles. The number of rotatable bonds is 8. The van der Waals surface area contributed by atoms with Crippen molar-refractivity contribution in [1.29, 1.82) is 0 Å². The number of nitrogens with zero attached hydrogens (tertiary/aromatic N) is 1. The Labute approximate surface area is 531 Å². The van der Waals surface area contributed by atoms with Crippen LogP contribution in [0.25, 0.3) is 88.4 Å². The SMILES string of the molecule is Cc1ccc(-c2cc3c(c4c2oc2ccccc24)-c2ccc(N(c4ccc(C(C)(C)C)cc4)c4ccc5c(c4)C(c4ccccc4)(c4ccccc4)c4cc6c(cc4-5)C(c4ccccc4)(c4ccccc4)c4ccc5oc7ccccc7c5c4-6)cc2C3(C)C)cc1. The predicted molar refractivity (Wildman–Crippen MR) is 377 cm³/mol. The highest BCUT2D eigenvalue weighted by Gasteiger charge is 2.52. The van der Waals surface area contributed by atoms with Gasteiger partial charge >= 0.3 is 0 Å². The van der Waals surface area contributed by atoms with Gasteiger partial charge in [0.2, 0.25) is 0 Å². The number of hydrogen-bond acceptors (Lipinski definition) is 3. The molecule has 0 saturated heterocycles. The van der Waals surface area contributed by atoms with E-state index in [1.807, 2.05) is 0 Å². The lowest BCUT2D eigenvalue weighted by Gasteiger charge is -2.36. The minimum absolute atomic E-state index is 0.0348. The Balaban J connectivity index is 0.907. The molecule has 91 heavy (non-hydrogen) atoms. The zero-order valence-electron chi connectivity index (χ0n) is 51.9. The number of fused-ring (bicyclic) bond motifs is 17. The fourth-order valence-electron chi connectivity index (χ4n) is 16.6. The fraction of sp³-hybridized carbons (Fsp3) is 0.114. The monoisotopic (exact) mass is 1170 g/mol. The van der Waals surface area contributed by atoms with E-state index >= 15 is 0 Å². The average molecular weight is 1170 g/mol. The molecule has 0 amide bonds. The van der Waals surface area contributed by atoms with Crippen LogP contribution in [-0.4, -0.2) is 0 Å². The maximum absolute atomic E-state index is 6.93. The van der Waals surface area contributed by atoms with Gasteiger partial charge in [-0.2, -0.15) is 0 Å². The van der Waals surface area contributed by atoms with Crippen LogP contribution >= 0.6 is 0 Å². The molecule has 18 rings (SSSR count). The maximum Gasteiger partial charge on any atom is 0.143 e. The fourth-order valence-corrected chi connectivity index (χ4v) is 16.6. The largest absolute Gasteiger partial charge is 0.456 e. The van der Waals surface area contributed by atoms with E-state index in [-0.39, 0.29) is 10.8 Å². The first-order valence-corrected chi connectivity index (χ1v) is 32.0. The van der Waals surface area contributed by atoms with E-state index in [4.69, 9.17) is 8.83 Å². The first-order chi connectivity index (χ1) is 44.4. The molecule has 3 aliphatic carbocycles. The molecular weight excluding hydrogens is 1100 g/mol. The van der Waals surface area contributed by atoms with Crippen molar-refractivity contribution in [1.82, 2.24) is 0 Å². The number of para-hydroxylation sites is 2. The molecule has 0 fully saturated rings. The van der Waals surface area contributed by atoms with Crippen molar-refractivity contribution in [3.05, 3.63) is 352 Å². The molecule has 15 aromatic rings. The third-order valence-corrected chi connectivity index (χ3v) is 20.8. The molecule has 13 aromatic carbocycles. The van der Waals surface area contributed by atoms with E-state index in [0.717, 1.165) is 66.7 Å². The molecule has 0 unspecified atom stereocenters. The van der Waals surface area contributed by atoms with Crippen LogP contribution in [0.2, 0.25) is 0 Å². The maximum atomic E-state index is 6.93. The van der Waals surface area contributed by atoms with E-state index < -0.39 is 10.8 Å². The first kappa shape index (κ1) is 53.3. The summed E-state index contributed by atoms with van der Waals surface area (Å²) >= 11 is 0. The Morgan fingerprint density at radius 2 is 0.791 bits per heavy atom. The van der Waals surface area contributed by atoms with Crippen molar-refractivity contribution in [2.45, 2.75) is 63.2 Å². The second-order valence-electron chi connectivity index (χ2n) is 27.1. The van der Waals surface area contributed by atoms with Gasteiger partial charge in [0, 0.05) is 49.6 Å². The van der Waals surface area contributed by atoms with Gasteiger partial charge in [-0.25, -0.2) is 0 Å². The Morgan fingerprint density at radius 1 is 0.330 bits per heavy atom. The summed E-state index contributed by atoms with van der Waals surface area (Å²) < 4.78 is 13.8. The molecule has 0 saturated carbocycles. The van der Waals surface area contributed by atoms with Gasteiger partial charge in [0.05, 0.1) is 10.8 Å². The summed E-state index contributed by atoms with van der Waals surface area (Å²) in [7, 11) is 0. The third kappa shape index (κ3) is 7.43. The van der Waals surface area contributed by atoms with Gasteiger partial charge in [0.25, 0.3) is 0 Å². The lowest BCUT2D eigenvalue weighted by Crippen LogP contribution is -2.30. The van der Waals surface area contributed by atoms with Crippen LogP contribution in [0.1, 0.15) is 101 Å². The second-order valence-corrected chi connectivity index (χ2v) is 27.1. The van der Waals surface area contributed by atoms with E-state index in [1.165, 1.54) is 106 Å². The number of hydrogen-bond donors (Lipinski definition) is 0. The van der Waals surface area contributed by atoms with Crippen LogP contribution in [0.15, 0.2) is 294 Å². The molecule has 3 nitrogen and oxygen atoms in total. The van der Waals surface area contributed by atoms with Crippen LogP contribution in [0.5, 0.6) is 0 Å². The van der Waals surface area contributed by atoms with Crippen LogP contribution in [0.4, 0.5) is 17.1 Å². The van der Waals surface area contributed by atoms with Crippen LogP contribution in [0.3, 0.4) is 0 Å². The van der Waals surface area contributed by atoms with E-state index in [0.29, 0.717) is 0 Å². The van der Waals surface area contributed by atoms with Gasteiger partial charge in [-0.15, -0.1) is 0 Å². The normalized spacial score (nSPS) is 14.5. The van der Waals surface area contributed by atoms with Crippen LogP contribution in [0, 0.1) is 6.92 Å². The van der Waals surface area contributed by atoms with E-state index in [2.05, 4.69) is 332 Å². The standard InChI is InChI=1S/C88H65NO2/c1-54-35-37-55(38-36-54)68-51-76-80(83-67-32-20-22-34-78(67)91-84(68)83)65-46-44-62(49-72(65)86(76,5)6)89(61-41-39-56(40-42-61)85(2,3)4)63-43-45-64-69-52-75-70(53-74(69)88(73(64)50-63,59-27-15-9-16-28-59)60-29-17-10-18-30-60)81-71(47-48-79-82(81)66-31-19-21-33-77(66)90-79)87(75,57-23-11-7-12-24-57)58-25-13-8-14-26-58/h7-53H,1-6H3. The van der Waals surface area contributed by atoms with Gasteiger partial charge in [-0.3, -0.25) is 0 Å². The van der Waals surface area contributed by atoms with Crippen molar-refractivity contribution in [3.8, 4) is 44.5 Å². The number of anilines is 3. The summed E-state index contributed by atoms with van der Waals surface area (Å²) in [6, 6.07) is 107. The van der Waals surface area contributed by atoms with Gasteiger partial charge in [0.15, 0.2) is 0 Å². The summed E-state index contributed by atoms with van der Waals surface area (Å²) in [6.07, 6.45) is 0. The molecule has 434 valence electrons. The molecule has 3 aliphatic rings. The van der Waals surface area contributed by atoms with Gasteiger partial charge in [-0.05, 0) is 185 Å². The van der Waals surface area contributed by atoms with Crippen molar-refractivity contribution < 1.29 is 8.83 Å². The number of furan rings is 2. The topological polar surface area (TPSA) is 29.5 Å². The Kier molecular flexibility index (Phi) is 11.4. The Hall–Kier alpha value is -10.7. The molecule has 0 bridgehead atoms. The van der Waals surface area contributed by atoms with Crippen molar-refractivity contribution in [2.24, 2.45) is 0 Å².